The number of nitrogens with one attached hydrogen (secondary N) is 1. The molecule has 190 valence electrons. The molecule has 0 bridgehead atoms. The van der Waals surface area contributed by atoms with Crippen LogP contribution in [0.5, 0.6) is 0 Å². The van der Waals surface area contributed by atoms with Crippen molar-refractivity contribution in [3.05, 3.63) is 0 Å². The van der Waals surface area contributed by atoms with Gasteiger partial charge in [-0.3, -0.25) is 4.79 Å². The van der Waals surface area contributed by atoms with Crippen LogP contribution in [-0.4, -0.2) is 42.5 Å². The van der Waals surface area contributed by atoms with Gasteiger partial charge in [-0.2, -0.15) is 0 Å². The second-order valence-corrected chi connectivity index (χ2v) is 14.5. The van der Waals surface area contributed by atoms with Gasteiger partial charge in [-0.05, 0) is 111 Å². The van der Waals surface area contributed by atoms with Crippen molar-refractivity contribution in [3.8, 4) is 0 Å². The van der Waals surface area contributed by atoms with E-state index in [9.17, 15) is 23.4 Å². The molecule has 0 aliphatic heterocycles. The lowest BCUT2D eigenvalue weighted by atomic mass is 9.43. The number of sulfonamides is 1. The highest BCUT2D eigenvalue weighted by Gasteiger charge is 2.63. The summed E-state index contributed by atoms with van der Waals surface area (Å²) < 4.78 is 28.6. The fraction of sp³-hybridized carbons (Fsp3) is 0.962. The number of carboxylic acids is 1. The van der Waals surface area contributed by atoms with E-state index < -0.39 is 16.0 Å². The highest BCUT2D eigenvalue weighted by Crippen LogP contribution is 2.68. The molecule has 4 rings (SSSR count). The fourth-order valence-corrected chi connectivity index (χ4v) is 10.1. The van der Waals surface area contributed by atoms with Gasteiger partial charge in [0.2, 0.25) is 10.0 Å². The van der Waals surface area contributed by atoms with E-state index in [0.717, 1.165) is 57.8 Å². The SMILES string of the molecule is CCS(=O)(=O)N[C@H]1C[C@@H]2C[C@H](O)CC[C@]2(C)[C@H]2CC[C@]3(C)[C@@H](C(C)CCC(=O)O)CC[C@H]3[C@H]12. The molecule has 3 N–H and O–H groups in total. The van der Waals surface area contributed by atoms with Gasteiger partial charge in [-0.15, -0.1) is 0 Å². The Hall–Kier alpha value is -0.660. The van der Waals surface area contributed by atoms with Crippen LogP contribution >= 0.6 is 0 Å². The number of hydrogen-bond acceptors (Lipinski definition) is 4. The van der Waals surface area contributed by atoms with E-state index in [0.29, 0.717) is 35.5 Å². The molecule has 0 aromatic heterocycles. The summed E-state index contributed by atoms with van der Waals surface area (Å²) in [5, 5.41) is 19.6. The van der Waals surface area contributed by atoms with E-state index in [1.807, 2.05) is 0 Å². The molecule has 0 amide bonds. The first kappa shape index (κ1) is 25.4. The molecular formula is C26H45NO5S. The minimum Gasteiger partial charge on any atom is -0.481 e. The van der Waals surface area contributed by atoms with Crippen molar-refractivity contribution < 1.29 is 23.4 Å². The summed E-state index contributed by atoms with van der Waals surface area (Å²) in [5.41, 5.74) is 0.318. The lowest BCUT2D eigenvalue weighted by molar-refractivity contribution is -0.140. The van der Waals surface area contributed by atoms with Crippen molar-refractivity contribution in [3.63, 3.8) is 0 Å². The van der Waals surface area contributed by atoms with E-state index in [1.54, 1.807) is 6.92 Å². The predicted octanol–water partition coefficient (Wildman–Crippen LogP) is 4.42. The van der Waals surface area contributed by atoms with Crippen LogP contribution in [0.2, 0.25) is 0 Å². The molecule has 6 nitrogen and oxygen atoms in total. The Balaban J connectivity index is 1.65. The molecule has 7 heteroatoms. The molecule has 0 spiro atoms. The number of carboxylic acid groups (broad SMARTS) is 1. The standard InChI is InChI=1S/C26H45NO5S/c1-5-33(31,32)27-22-15-17-14-18(28)10-12-25(17,3)21-11-13-26(4)19(7-8-20(26)24(21)22)16(2)6-9-23(29)30/h16-22,24,27-28H,5-15H2,1-4H3,(H,29,30)/t16?,17-,18+,19+,20-,21-,22-,24-,25-,26+/m0/s1. The zero-order valence-corrected chi connectivity index (χ0v) is 21.7. The van der Waals surface area contributed by atoms with Crippen LogP contribution in [-0.2, 0) is 14.8 Å². The molecule has 4 aliphatic carbocycles. The van der Waals surface area contributed by atoms with Crippen LogP contribution in [0.4, 0.5) is 0 Å². The van der Waals surface area contributed by atoms with Crippen molar-refractivity contribution in [1.29, 1.82) is 0 Å². The van der Waals surface area contributed by atoms with Crippen LogP contribution in [0.3, 0.4) is 0 Å². The van der Waals surface area contributed by atoms with Crippen LogP contribution in [0.15, 0.2) is 0 Å². The first-order chi connectivity index (χ1) is 15.4. The van der Waals surface area contributed by atoms with E-state index >= 15 is 0 Å². The first-order valence-corrected chi connectivity index (χ1v) is 15.0. The Labute approximate surface area is 200 Å². The maximum Gasteiger partial charge on any atom is 0.303 e. The van der Waals surface area contributed by atoms with Crippen LogP contribution in [0, 0.1) is 46.3 Å². The second kappa shape index (κ2) is 9.09. The molecule has 10 atom stereocenters. The Morgan fingerprint density at radius 3 is 2.39 bits per heavy atom. The Morgan fingerprint density at radius 1 is 1.06 bits per heavy atom. The van der Waals surface area contributed by atoms with Gasteiger partial charge in [0.1, 0.15) is 0 Å². The molecule has 0 saturated heterocycles. The van der Waals surface area contributed by atoms with Gasteiger partial charge in [0.25, 0.3) is 0 Å². The number of aliphatic hydroxyl groups is 1. The van der Waals surface area contributed by atoms with Gasteiger partial charge in [-0.1, -0.05) is 20.8 Å². The summed E-state index contributed by atoms with van der Waals surface area (Å²) >= 11 is 0. The van der Waals surface area contributed by atoms with Gasteiger partial charge in [0, 0.05) is 12.5 Å². The Kier molecular flexibility index (Phi) is 7.00. The van der Waals surface area contributed by atoms with E-state index in [-0.39, 0.29) is 35.1 Å². The van der Waals surface area contributed by atoms with Crippen molar-refractivity contribution >= 4 is 16.0 Å². The average Bonchev–Trinajstić information content (AvgIpc) is 3.10. The molecule has 0 heterocycles. The van der Waals surface area contributed by atoms with Crippen molar-refractivity contribution in [1.82, 2.24) is 4.72 Å². The van der Waals surface area contributed by atoms with Crippen molar-refractivity contribution in [2.75, 3.05) is 5.75 Å². The van der Waals surface area contributed by atoms with E-state index in [1.165, 1.54) is 0 Å². The third-order valence-electron chi connectivity index (χ3n) is 11.0. The van der Waals surface area contributed by atoms with Gasteiger partial charge >= 0.3 is 5.97 Å². The van der Waals surface area contributed by atoms with E-state index in [4.69, 9.17) is 0 Å². The largest absolute Gasteiger partial charge is 0.481 e. The zero-order chi connectivity index (χ0) is 24.2. The minimum atomic E-state index is -3.32. The molecule has 0 aromatic rings. The topological polar surface area (TPSA) is 104 Å². The second-order valence-electron chi connectivity index (χ2n) is 12.4. The molecule has 33 heavy (non-hydrogen) atoms. The molecule has 4 fully saturated rings. The molecule has 1 unspecified atom stereocenters. The molecule has 4 saturated carbocycles. The summed E-state index contributed by atoms with van der Waals surface area (Å²) in [6.45, 7) is 8.78. The molecule has 0 radical (unpaired) electrons. The number of rotatable bonds is 7. The van der Waals surface area contributed by atoms with Gasteiger partial charge in [0.05, 0.1) is 11.9 Å². The first-order valence-electron chi connectivity index (χ1n) is 13.3. The quantitative estimate of drug-likeness (QED) is 0.497. The third kappa shape index (κ3) is 4.51. The van der Waals surface area contributed by atoms with Crippen molar-refractivity contribution in [2.24, 2.45) is 46.3 Å². The number of aliphatic hydroxyl groups excluding tert-OH is 1. The summed E-state index contributed by atoms with van der Waals surface area (Å²) in [6, 6.07) is -0.0546. The number of hydrogen-bond donors (Lipinski definition) is 3. The number of fused-ring (bicyclic) bond motifs is 5. The molecular weight excluding hydrogens is 438 g/mol. The summed E-state index contributed by atoms with van der Waals surface area (Å²) in [6.07, 6.45) is 8.72. The normalized spacial score (nSPS) is 46.2. The van der Waals surface area contributed by atoms with Crippen LogP contribution < -0.4 is 4.72 Å². The van der Waals surface area contributed by atoms with Crippen LogP contribution in [0.1, 0.15) is 91.9 Å². The lowest BCUT2D eigenvalue weighted by Gasteiger charge is -2.63. The molecule has 4 aliphatic rings. The van der Waals surface area contributed by atoms with Gasteiger partial charge in [-0.25, -0.2) is 13.1 Å². The summed E-state index contributed by atoms with van der Waals surface area (Å²) in [7, 11) is -3.32. The van der Waals surface area contributed by atoms with Crippen molar-refractivity contribution in [2.45, 2.75) is 104 Å². The highest BCUT2D eigenvalue weighted by molar-refractivity contribution is 7.89. The predicted molar refractivity (Wildman–Crippen MR) is 129 cm³/mol. The monoisotopic (exact) mass is 483 g/mol. The van der Waals surface area contributed by atoms with Gasteiger partial charge < -0.3 is 10.2 Å². The Bertz CT molecular complexity index is 846. The zero-order valence-electron chi connectivity index (χ0n) is 20.9. The number of aliphatic carboxylic acids is 1. The molecule has 0 aromatic carbocycles. The Morgan fingerprint density at radius 2 is 1.73 bits per heavy atom. The number of carbonyl (C=O) groups is 1. The average molecular weight is 484 g/mol. The third-order valence-corrected chi connectivity index (χ3v) is 12.4. The smallest absolute Gasteiger partial charge is 0.303 e. The van der Waals surface area contributed by atoms with Crippen LogP contribution in [0.25, 0.3) is 0 Å². The summed E-state index contributed by atoms with van der Waals surface area (Å²) in [5.74, 6) is 1.91. The highest BCUT2D eigenvalue weighted by atomic mass is 32.2. The lowest BCUT2D eigenvalue weighted by Crippen LogP contribution is -2.62. The fourth-order valence-electron chi connectivity index (χ4n) is 9.21. The summed E-state index contributed by atoms with van der Waals surface area (Å²) in [4.78, 5) is 11.2. The minimum absolute atomic E-state index is 0.0546. The van der Waals surface area contributed by atoms with E-state index in [2.05, 4.69) is 25.5 Å². The maximum absolute atomic E-state index is 12.7. The maximum atomic E-state index is 12.7. The van der Waals surface area contributed by atoms with Gasteiger partial charge in [0.15, 0.2) is 0 Å².